The summed E-state index contributed by atoms with van der Waals surface area (Å²) in [5, 5.41) is 3.14. The normalized spacial score (nSPS) is 23.2. The maximum atomic E-state index is 12.8. The van der Waals surface area contributed by atoms with E-state index in [9.17, 15) is 4.79 Å². The molecule has 138 valence electrons. The van der Waals surface area contributed by atoms with Crippen molar-refractivity contribution in [1.82, 2.24) is 15.1 Å². The van der Waals surface area contributed by atoms with Crippen LogP contribution in [0.5, 0.6) is 0 Å². The first-order valence-electron chi connectivity index (χ1n) is 10.0. The minimum Gasteiger partial charge on any atom is -0.334 e. The molecule has 0 spiro atoms. The fourth-order valence-electron chi connectivity index (χ4n) is 4.05. The topological polar surface area (TPSA) is 35.6 Å². The molecule has 4 heteroatoms. The fourth-order valence-corrected chi connectivity index (χ4v) is 4.05. The third-order valence-electron chi connectivity index (χ3n) is 5.77. The van der Waals surface area contributed by atoms with Gasteiger partial charge in [-0.05, 0) is 50.3 Å². The van der Waals surface area contributed by atoms with Gasteiger partial charge in [0.25, 0.3) is 0 Å². The highest BCUT2D eigenvalue weighted by atomic mass is 16.2. The Labute approximate surface area is 152 Å². The molecule has 4 nitrogen and oxygen atoms in total. The van der Waals surface area contributed by atoms with E-state index in [1.807, 2.05) is 18.2 Å². The van der Waals surface area contributed by atoms with E-state index in [0.717, 1.165) is 37.4 Å². The van der Waals surface area contributed by atoms with Crippen LogP contribution >= 0.6 is 0 Å². The summed E-state index contributed by atoms with van der Waals surface area (Å²) < 4.78 is 0. The Morgan fingerprint density at radius 2 is 1.80 bits per heavy atom. The van der Waals surface area contributed by atoms with Gasteiger partial charge in [-0.1, -0.05) is 50.1 Å². The average molecular weight is 344 g/mol. The number of urea groups is 1. The average Bonchev–Trinajstić information content (AvgIpc) is 2.88. The van der Waals surface area contributed by atoms with E-state index in [1.165, 1.54) is 38.8 Å². The Bertz CT molecular complexity index is 525. The molecule has 3 rings (SSSR count). The standard InChI is InChI=1S/C21H33N3O/c1-18-11-14-23(15-12-18)17-20-10-6-3-7-13-24(20)21(25)22-16-19-8-4-2-5-9-19/h2,4-5,8-9,18,20H,3,6-7,10-17H2,1H3,(H,22,25). The number of carbonyl (C=O) groups is 1. The molecule has 1 aromatic rings. The predicted molar refractivity (Wildman–Crippen MR) is 102 cm³/mol. The monoisotopic (exact) mass is 343 g/mol. The first-order valence-corrected chi connectivity index (χ1v) is 10.0. The number of nitrogens with zero attached hydrogens (tertiary/aromatic N) is 2. The Morgan fingerprint density at radius 3 is 2.56 bits per heavy atom. The van der Waals surface area contributed by atoms with Crippen molar-refractivity contribution in [2.75, 3.05) is 26.2 Å². The Balaban J connectivity index is 1.56. The molecular weight excluding hydrogens is 310 g/mol. The Kier molecular flexibility index (Phi) is 6.74. The third-order valence-corrected chi connectivity index (χ3v) is 5.77. The van der Waals surface area contributed by atoms with Gasteiger partial charge in [-0.3, -0.25) is 0 Å². The lowest BCUT2D eigenvalue weighted by Crippen LogP contribution is -2.51. The highest BCUT2D eigenvalue weighted by Gasteiger charge is 2.28. The Morgan fingerprint density at radius 1 is 1.04 bits per heavy atom. The highest BCUT2D eigenvalue weighted by Crippen LogP contribution is 2.21. The van der Waals surface area contributed by atoms with Crippen molar-refractivity contribution in [3.63, 3.8) is 0 Å². The second-order valence-electron chi connectivity index (χ2n) is 7.82. The molecule has 0 aromatic heterocycles. The van der Waals surface area contributed by atoms with Crippen LogP contribution in [0, 0.1) is 5.92 Å². The maximum Gasteiger partial charge on any atom is 0.317 e. The Hall–Kier alpha value is -1.55. The van der Waals surface area contributed by atoms with Crippen LogP contribution in [0.3, 0.4) is 0 Å². The number of piperidine rings is 1. The molecule has 1 unspecified atom stereocenters. The number of hydrogen-bond donors (Lipinski definition) is 1. The van der Waals surface area contributed by atoms with Crippen molar-refractivity contribution in [1.29, 1.82) is 0 Å². The minimum absolute atomic E-state index is 0.112. The van der Waals surface area contributed by atoms with E-state index in [4.69, 9.17) is 0 Å². The molecular formula is C21H33N3O. The van der Waals surface area contributed by atoms with Gasteiger partial charge in [-0.2, -0.15) is 0 Å². The predicted octanol–water partition coefficient (Wildman–Crippen LogP) is 3.87. The van der Waals surface area contributed by atoms with Crippen LogP contribution in [0.4, 0.5) is 4.79 Å². The minimum atomic E-state index is 0.112. The SMILES string of the molecule is CC1CCN(CC2CCCCCN2C(=O)NCc2ccccc2)CC1. The molecule has 2 amide bonds. The summed E-state index contributed by atoms with van der Waals surface area (Å²) in [5.41, 5.74) is 1.16. The highest BCUT2D eigenvalue weighted by molar-refractivity contribution is 5.74. The molecule has 0 saturated carbocycles. The number of nitrogens with one attached hydrogen (secondary N) is 1. The smallest absolute Gasteiger partial charge is 0.317 e. The van der Waals surface area contributed by atoms with Crippen molar-refractivity contribution < 1.29 is 4.79 Å². The van der Waals surface area contributed by atoms with E-state index in [2.05, 4.69) is 34.2 Å². The van der Waals surface area contributed by atoms with Crippen molar-refractivity contribution >= 4 is 6.03 Å². The van der Waals surface area contributed by atoms with Gasteiger partial charge in [0.2, 0.25) is 0 Å². The van der Waals surface area contributed by atoms with Crippen molar-refractivity contribution in [3.05, 3.63) is 35.9 Å². The van der Waals surface area contributed by atoms with Gasteiger partial charge in [-0.15, -0.1) is 0 Å². The molecule has 2 aliphatic rings. The summed E-state index contributed by atoms with van der Waals surface area (Å²) in [6, 6.07) is 10.7. The molecule has 0 bridgehead atoms. The molecule has 0 radical (unpaired) electrons. The fraction of sp³-hybridized carbons (Fsp3) is 0.667. The summed E-state index contributed by atoms with van der Waals surface area (Å²) in [4.78, 5) is 17.5. The van der Waals surface area contributed by atoms with E-state index >= 15 is 0 Å². The summed E-state index contributed by atoms with van der Waals surface area (Å²) >= 11 is 0. The molecule has 2 aliphatic heterocycles. The second-order valence-corrected chi connectivity index (χ2v) is 7.82. The largest absolute Gasteiger partial charge is 0.334 e. The molecule has 25 heavy (non-hydrogen) atoms. The number of likely N-dealkylation sites (tertiary alicyclic amines) is 2. The van der Waals surface area contributed by atoms with Crippen molar-refractivity contribution in [2.24, 2.45) is 5.92 Å². The van der Waals surface area contributed by atoms with Crippen LogP contribution in [0.15, 0.2) is 30.3 Å². The summed E-state index contributed by atoms with van der Waals surface area (Å²) in [7, 11) is 0. The van der Waals surface area contributed by atoms with Crippen LogP contribution in [0.1, 0.15) is 51.0 Å². The van der Waals surface area contributed by atoms with E-state index < -0.39 is 0 Å². The third kappa shape index (κ3) is 5.46. The molecule has 2 heterocycles. The van der Waals surface area contributed by atoms with E-state index in [1.54, 1.807) is 0 Å². The first-order chi connectivity index (χ1) is 12.2. The molecule has 2 saturated heterocycles. The summed E-state index contributed by atoms with van der Waals surface area (Å²) in [6.07, 6.45) is 7.37. The van der Waals surface area contributed by atoms with Gasteiger partial charge in [0, 0.05) is 25.7 Å². The second kappa shape index (κ2) is 9.23. The zero-order valence-corrected chi connectivity index (χ0v) is 15.6. The maximum absolute atomic E-state index is 12.8. The number of benzene rings is 1. The van der Waals surface area contributed by atoms with Crippen molar-refractivity contribution in [3.8, 4) is 0 Å². The van der Waals surface area contributed by atoms with E-state index in [0.29, 0.717) is 12.6 Å². The van der Waals surface area contributed by atoms with Crippen LogP contribution in [0.2, 0.25) is 0 Å². The van der Waals surface area contributed by atoms with Gasteiger partial charge in [0.1, 0.15) is 0 Å². The molecule has 2 fully saturated rings. The van der Waals surface area contributed by atoms with E-state index in [-0.39, 0.29) is 6.03 Å². The molecule has 1 atom stereocenters. The van der Waals surface area contributed by atoms with Crippen LogP contribution in [-0.4, -0.2) is 48.1 Å². The first kappa shape index (κ1) is 18.2. The van der Waals surface area contributed by atoms with Crippen molar-refractivity contribution in [2.45, 2.75) is 58.0 Å². The van der Waals surface area contributed by atoms with Gasteiger partial charge < -0.3 is 15.1 Å². The lowest BCUT2D eigenvalue weighted by molar-refractivity contribution is 0.123. The van der Waals surface area contributed by atoms with Gasteiger partial charge >= 0.3 is 6.03 Å². The quantitative estimate of drug-likeness (QED) is 0.901. The number of amides is 2. The zero-order chi connectivity index (χ0) is 17.5. The molecule has 1 aromatic carbocycles. The molecule has 0 aliphatic carbocycles. The van der Waals surface area contributed by atoms with Gasteiger partial charge in [0.05, 0.1) is 0 Å². The zero-order valence-electron chi connectivity index (χ0n) is 15.6. The van der Waals surface area contributed by atoms with Crippen LogP contribution in [0.25, 0.3) is 0 Å². The van der Waals surface area contributed by atoms with Gasteiger partial charge in [-0.25, -0.2) is 4.79 Å². The van der Waals surface area contributed by atoms with Crippen LogP contribution < -0.4 is 5.32 Å². The number of rotatable bonds is 4. The number of carbonyl (C=O) groups excluding carboxylic acids is 1. The van der Waals surface area contributed by atoms with Crippen LogP contribution in [-0.2, 0) is 6.54 Å². The summed E-state index contributed by atoms with van der Waals surface area (Å²) in [6.45, 7) is 7.30. The lowest BCUT2D eigenvalue weighted by Gasteiger charge is -2.37. The summed E-state index contributed by atoms with van der Waals surface area (Å²) in [5.74, 6) is 0.857. The van der Waals surface area contributed by atoms with Gasteiger partial charge in [0.15, 0.2) is 0 Å². The lowest BCUT2D eigenvalue weighted by atomic mass is 9.98. The number of hydrogen-bond acceptors (Lipinski definition) is 2. The molecule has 1 N–H and O–H groups in total.